The van der Waals surface area contributed by atoms with Crippen LogP contribution in [0.25, 0.3) is 0 Å². The Kier molecular flexibility index (Phi) is 6.86. The Bertz CT molecular complexity index is 437. The van der Waals surface area contributed by atoms with Gasteiger partial charge < -0.3 is 9.47 Å². The van der Waals surface area contributed by atoms with Gasteiger partial charge >= 0.3 is 0 Å². The van der Waals surface area contributed by atoms with E-state index in [-0.39, 0.29) is 10.8 Å². The van der Waals surface area contributed by atoms with E-state index in [0.29, 0.717) is 19.1 Å². The molecule has 1 aromatic carbocycles. The van der Waals surface area contributed by atoms with Gasteiger partial charge in [-0.25, -0.2) is 0 Å². The Morgan fingerprint density at radius 1 is 1.05 bits per heavy atom. The number of hydrogen-bond donors (Lipinski definition) is 0. The zero-order chi connectivity index (χ0) is 16.0. The predicted octanol–water partition coefficient (Wildman–Crippen LogP) is 5.84. The molecule has 0 spiro atoms. The molecule has 0 radical (unpaired) electrons. The second-order valence-corrected chi connectivity index (χ2v) is 7.07. The van der Waals surface area contributed by atoms with Crippen LogP contribution >= 0.6 is 11.6 Å². The first-order valence-corrected chi connectivity index (χ1v) is 8.26. The lowest BCUT2D eigenvalue weighted by molar-refractivity contribution is 0.244. The number of halogens is 1. The van der Waals surface area contributed by atoms with Gasteiger partial charge in [0.05, 0.1) is 18.6 Å². The molecule has 0 saturated carbocycles. The minimum atomic E-state index is -0.00546. The van der Waals surface area contributed by atoms with Crippen molar-refractivity contribution in [1.82, 2.24) is 0 Å². The Hall–Kier alpha value is -0.890. The van der Waals surface area contributed by atoms with Gasteiger partial charge in [-0.2, -0.15) is 0 Å². The van der Waals surface area contributed by atoms with E-state index in [4.69, 9.17) is 21.1 Å². The van der Waals surface area contributed by atoms with Crippen LogP contribution in [0.2, 0.25) is 0 Å². The van der Waals surface area contributed by atoms with Crippen molar-refractivity contribution < 1.29 is 9.47 Å². The molecule has 0 bridgehead atoms. The van der Waals surface area contributed by atoms with Crippen molar-refractivity contribution in [2.45, 2.75) is 53.3 Å². The van der Waals surface area contributed by atoms with Gasteiger partial charge in [0.1, 0.15) is 0 Å². The van der Waals surface area contributed by atoms with Crippen LogP contribution in [0.3, 0.4) is 0 Å². The molecule has 120 valence electrons. The van der Waals surface area contributed by atoms with E-state index < -0.39 is 0 Å². The van der Waals surface area contributed by atoms with Crippen molar-refractivity contribution in [2.24, 2.45) is 11.3 Å². The largest absolute Gasteiger partial charge is 0.490 e. The minimum absolute atomic E-state index is 0.00546. The number of alkyl halides is 1. The second-order valence-electron chi connectivity index (χ2n) is 6.54. The molecule has 2 unspecified atom stereocenters. The van der Waals surface area contributed by atoms with E-state index in [2.05, 4.69) is 27.7 Å². The van der Waals surface area contributed by atoms with Gasteiger partial charge in [-0.05, 0) is 49.3 Å². The van der Waals surface area contributed by atoms with Crippen LogP contribution in [0.1, 0.15) is 58.9 Å². The number of rotatable bonds is 7. The molecule has 0 amide bonds. The normalized spacial score (nSPS) is 14.6. The van der Waals surface area contributed by atoms with Gasteiger partial charge in [0, 0.05) is 0 Å². The minimum Gasteiger partial charge on any atom is -0.490 e. The first kappa shape index (κ1) is 18.2. The van der Waals surface area contributed by atoms with Gasteiger partial charge in [0.2, 0.25) is 0 Å². The van der Waals surface area contributed by atoms with Crippen LogP contribution in [-0.2, 0) is 0 Å². The van der Waals surface area contributed by atoms with E-state index in [1.165, 1.54) is 0 Å². The fraction of sp³-hybridized carbons (Fsp3) is 0.667. The molecule has 21 heavy (non-hydrogen) atoms. The molecule has 0 aromatic heterocycles. The highest BCUT2D eigenvalue weighted by Gasteiger charge is 2.24. The van der Waals surface area contributed by atoms with E-state index in [1.54, 1.807) is 0 Å². The van der Waals surface area contributed by atoms with Gasteiger partial charge in [-0.1, -0.05) is 33.8 Å². The van der Waals surface area contributed by atoms with Gasteiger partial charge in [-0.3, -0.25) is 0 Å². The van der Waals surface area contributed by atoms with Gasteiger partial charge in [0.25, 0.3) is 0 Å². The third-order valence-electron chi connectivity index (χ3n) is 3.97. The third-order valence-corrected chi connectivity index (χ3v) is 4.40. The Balaban J connectivity index is 2.89. The van der Waals surface area contributed by atoms with Crippen LogP contribution in [-0.4, -0.2) is 13.2 Å². The van der Waals surface area contributed by atoms with Crippen molar-refractivity contribution in [3.05, 3.63) is 23.8 Å². The Labute approximate surface area is 134 Å². The van der Waals surface area contributed by atoms with E-state index in [9.17, 15) is 0 Å². The molecule has 3 heteroatoms. The molecule has 0 N–H and O–H groups in total. The fourth-order valence-electron chi connectivity index (χ4n) is 2.06. The summed E-state index contributed by atoms with van der Waals surface area (Å²) in [5.74, 6) is 2.11. The maximum Gasteiger partial charge on any atom is 0.161 e. The summed E-state index contributed by atoms with van der Waals surface area (Å²) in [5, 5.41) is -0.00546. The monoisotopic (exact) mass is 312 g/mol. The molecule has 0 heterocycles. The molecular weight excluding hydrogens is 284 g/mol. The van der Waals surface area contributed by atoms with Gasteiger partial charge in [-0.15, -0.1) is 11.6 Å². The van der Waals surface area contributed by atoms with Crippen molar-refractivity contribution in [1.29, 1.82) is 0 Å². The van der Waals surface area contributed by atoms with Crippen LogP contribution in [0.5, 0.6) is 11.5 Å². The topological polar surface area (TPSA) is 18.5 Å². The van der Waals surface area contributed by atoms with E-state index in [0.717, 1.165) is 23.5 Å². The molecule has 0 aliphatic heterocycles. The third kappa shape index (κ3) is 5.43. The zero-order valence-electron chi connectivity index (χ0n) is 14.2. The summed E-state index contributed by atoms with van der Waals surface area (Å²) in [6, 6.07) is 6.02. The van der Waals surface area contributed by atoms with E-state index in [1.807, 2.05) is 32.0 Å². The van der Waals surface area contributed by atoms with Crippen molar-refractivity contribution >= 4 is 11.6 Å². The lowest BCUT2D eigenvalue weighted by Crippen LogP contribution is -2.18. The molecular formula is C18H29ClO2. The van der Waals surface area contributed by atoms with E-state index >= 15 is 0 Å². The lowest BCUT2D eigenvalue weighted by Gasteiger charge is -2.29. The van der Waals surface area contributed by atoms with Crippen LogP contribution in [0, 0.1) is 11.3 Å². The van der Waals surface area contributed by atoms with Crippen LogP contribution in [0.4, 0.5) is 0 Å². The molecule has 2 atom stereocenters. The first-order chi connectivity index (χ1) is 9.79. The average molecular weight is 313 g/mol. The smallest absolute Gasteiger partial charge is 0.161 e. The quantitative estimate of drug-likeness (QED) is 0.589. The number of ether oxygens (including phenoxy) is 2. The predicted molar refractivity (Wildman–Crippen MR) is 90.6 cm³/mol. The average Bonchev–Trinajstić information content (AvgIpc) is 2.40. The molecule has 0 saturated heterocycles. The summed E-state index contributed by atoms with van der Waals surface area (Å²) >= 11 is 6.61. The molecule has 0 aliphatic rings. The highest BCUT2D eigenvalue weighted by molar-refractivity contribution is 6.20. The standard InChI is InChI=1S/C18H29ClO2/c1-7-20-16-10-9-14(12-17(16)21-8-2)15(19)11-13(3)18(4,5)6/h9-10,12-13,15H,7-8,11H2,1-6H3. The zero-order valence-corrected chi connectivity index (χ0v) is 15.0. The summed E-state index contributed by atoms with van der Waals surface area (Å²) in [6.45, 7) is 14.2. The molecule has 0 aliphatic carbocycles. The summed E-state index contributed by atoms with van der Waals surface area (Å²) in [5.41, 5.74) is 1.36. The maximum absolute atomic E-state index is 6.61. The summed E-state index contributed by atoms with van der Waals surface area (Å²) in [4.78, 5) is 0. The second kappa shape index (κ2) is 7.93. The Morgan fingerprint density at radius 3 is 2.14 bits per heavy atom. The first-order valence-electron chi connectivity index (χ1n) is 7.83. The molecule has 0 fully saturated rings. The SMILES string of the molecule is CCOc1ccc(C(Cl)CC(C)C(C)(C)C)cc1OCC. The highest BCUT2D eigenvalue weighted by atomic mass is 35.5. The molecule has 2 nitrogen and oxygen atoms in total. The van der Waals surface area contributed by atoms with Crippen molar-refractivity contribution in [3.8, 4) is 11.5 Å². The maximum atomic E-state index is 6.61. The highest BCUT2D eigenvalue weighted by Crippen LogP contribution is 2.39. The molecule has 1 rings (SSSR count). The van der Waals surface area contributed by atoms with Crippen molar-refractivity contribution in [2.75, 3.05) is 13.2 Å². The van der Waals surface area contributed by atoms with Gasteiger partial charge in [0.15, 0.2) is 11.5 Å². The summed E-state index contributed by atoms with van der Waals surface area (Å²) in [7, 11) is 0. The molecule has 1 aromatic rings. The lowest BCUT2D eigenvalue weighted by atomic mass is 9.79. The van der Waals surface area contributed by atoms with Crippen LogP contribution in [0.15, 0.2) is 18.2 Å². The number of hydrogen-bond acceptors (Lipinski definition) is 2. The van der Waals surface area contributed by atoms with Crippen molar-refractivity contribution in [3.63, 3.8) is 0 Å². The fourth-order valence-corrected chi connectivity index (χ4v) is 2.47. The Morgan fingerprint density at radius 2 is 1.62 bits per heavy atom. The summed E-state index contributed by atoms with van der Waals surface area (Å²) < 4.78 is 11.3. The van der Waals surface area contributed by atoms with Crippen LogP contribution < -0.4 is 9.47 Å². The summed E-state index contributed by atoms with van der Waals surface area (Å²) in [6.07, 6.45) is 0.949. The number of benzene rings is 1.